The average Bonchev–Trinajstić information content (AvgIpc) is 0.844. The maximum atomic E-state index is 12.6. The first kappa shape index (κ1) is 115. The molecule has 4 rings (SSSR count). The Labute approximate surface area is 744 Å². The van der Waals surface area contributed by atoms with E-state index in [-0.39, 0.29) is 31.3 Å². The molecule has 1 heterocycles. The highest BCUT2D eigenvalue weighted by Gasteiger charge is 2.20. The first-order valence-corrected chi connectivity index (χ1v) is 49.6. The zero-order valence-corrected chi connectivity index (χ0v) is 79.6. The maximum absolute atomic E-state index is 12.6. The summed E-state index contributed by atoms with van der Waals surface area (Å²) in [4.78, 5) is 72.1. The molecule has 1 fully saturated rings. The van der Waals surface area contributed by atoms with Crippen molar-refractivity contribution in [2.24, 2.45) is 5.73 Å². The van der Waals surface area contributed by atoms with Gasteiger partial charge in [0.2, 0.25) is 0 Å². The van der Waals surface area contributed by atoms with Crippen LogP contribution in [0, 0.1) is 0 Å². The lowest BCUT2D eigenvalue weighted by Crippen LogP contribution is -2.52. The van der Waals surface area contributed by atoms with Crippen molar-refractivity contribution in [1.29, 1.82) is 0 Å². The van der Waals surface area contributed by atoms with Gasteiger partial charge in [0.05, 0.1) is 78.7 Å². The highest BCUT2D eigenvalue weighted by molar-refractivity contribution is 5.81. The molecule has 121 heavy (non-hydrogen) atoms. The lowest BCUT2D eigenvalue weighted by molar-refractivity contribution is -0.146. The van der Waals surface area contributed by atoms with Gasteiger partial charge in [-0.15, -0.1) is 0 Å². The molecule has 0 saturated carbocycles. The van der Waals surface area contributed by atoms with Crippen molar-refractivity contribution in [2.45, 2.75) is 415 Å². The van der Waals surface area contributed by atoms with Crippen molar-refractivity contribution < 1.29 is 49.1 Å². The number of esters is 5. The lowest BCUT2D eigenvalue weighted by Gasteiger charge is -2.40. The van der Waals surface area contributed by atoms with Gasteiger partial charge in [0.1, 0.15) is 0 Å². The third-order valence-corrected chi connectivity index (χ3v) is 22.1. The summed E-state index contributed by atoms with van der Waals surface area (Å²) in [6, 6.07) is 24.0. The lowest BCUT2D eigenvalue weighted by atomic mass is 10.1. The molecule has 18 heteroatoms. The molecule has 700 valence electrons. The van der Waals surface area contributed by atoms with Gasteiger partial charge in [-0.05, 0) is 99.3 Å². The molecular weight excluding hydrogens is 1510 g/mol. The molecule has 0 radical (unpaired) electrons. The van der Waals surface area contributed by atoms with E-state index in [1.165, 1.54) is 281 Å². The molecule has 18 nitrogen and oxygen atoms in total. The van der Waals surface area contributed by atoms with E-state index in [1.807, 2.05) is 62.4 Å². The number of nitrogen functional groups attached to an aromatic ring is 2. The maximum Gasteiger partial charge on any atom is 0.330 e. The number of hydrogen-bond donors (Lipinski definition) is 3. The number of unbranched alkanes of at least 4 members (excludes halogenated alkanes) is 45. The third-order valence-electron chi connectivity index (χ3n) is 22.1. The van der Waals surface area contributed by atoms with Gasteiger partial charge >= 0.3 is 29.8 Å². The largest absolute Gasteiger partial charge is 0.466 e. The van der Waals surface area contributed by atoms with Gasteiger partial charge in [0, 0.05) is 70.4 Å². The number of hydrogen-bond acceptors (Lipinski definition) is 18. The van der Waals surface area contributed by atoms with Gasteiger partial charge in [0.15, 0.2) is 0 Å². The minimum absolute atomic E-state index is 0. The van der Waals surface area contributed by atoms with E-state index in [4.69, 9.17) is 40.9 Å². The van der Waals surface area contributed by atoms with Gasteiger partial charge in [-0.2, -0.15) is 0 Å². The van der Waals surface area contributed by atoms with E-state index in [0.717, 1.165) is 100 Å². The summed E-state index contributed by atoms with van der Waals surface area (Å²) in [6.45, 7) is 28.1. The van der Waals surface area contributed by atoms with E-state index in [9.17, 15) is 24.0 Å². The predicted octanol–water partition coefficient (Wildman–Crippen LogP) is 26.2. The van der Waals surface area contributed by atoms with Gasteiger partial charge in [-0.1, -0.05) is 380 Å². The second kappa shape index (κ2) is 87.4. The van der Waals surface area contributed by atoms with Crippen LogP contribution in [0.15, 0.2) is 85.5 Å². The molecule has 6 N–H and O–H groups in total. The summed E-state index contributed by atoms with van der Waals surface area (Å²) in [5.41, 5.74) is 22.7. The molecule has 0 amide bonds. The Morgan fingerprint density at radius 1 is 0.331 bits per heavy atom. The standard InChI is InChI=1S/C42H76N4O4.C37H66N2O4.C15H28O2.C7H10N2.C2H6.H2/c1-5-7-9-11-13-15-17-19-21-23-33-49-41(47)29-31-45(32-30-42(48)50-34-24-22-20-18-16-14-12-10-8-6-2)35-39-25-27-40(28-26-39)46-37-43(3)36-44(4)38-46;1-3-5-7-9-11-13-15-17-19-21-31-42-36(40)27-29-39(33-34-23-25-35(38)26-24-34)30-28-37(41)43-32-22-20-18-16-14-12-10-8-6-4-2;1-3-5-6-7-8-9-10-11-12-13-14-17-15(16)4-2;8-5-6-1-3-7(9)4-2-6;1-2;/h25-28H,5-24,29-38H2,1-4H3;23-26H,3-22,27-33,38H2,1-2H3;4H,2-3,5-14H2,1H3;1-4H,5,8-9H2;1-2H3;1H/i;;;;;1+1. The quantitative estimate of drug-likeness (QED) is 0.0157. The Morgan fingerprint density at radius 3 is 0.777 bits per heavy atom. The summed E-state index contributed by atoms with van der Waals surface area (Å²) in [7, 11) is 4.28. The molecular formula is C103H188N8O10. The molecule has 3 aromatic carbocycles. The van der Waals surface area contributed by atoms with Crippen molar-refractivity contribution in [3.05, 3.63) is 102 Å². The normalized spacial score (nSPS) is 12.0. The second-order valence-corrected chi connectivity index (χ2v) is 33.7. The summed E-state index contributed by atoms with van der Waals surface area (Å²) in [5.74, 6) is -0.934. The van der Waals surface area contributed by atoms with Gasteiger partial charge in [0.25, 0.3) is 0 Å². The van der Waals surface area contributed by atoms with Gasteiger partial charge < -0.3 is 45.8 Å². The summed E-state index contributed by atoms with van der Waals surface area (Å²) >= 11 is 0. The highest BCUT2D eigenvalue weighted by Crippen LogP contribution is 2.22. The zero-order valence-electron chi connectivity index (χ0n) is 79.6. The number of benzene rings is 3. The Hall–Kier alpha value is -6.05. The van der Waals surface area contributed by atoms with Crippen LogP contribution in [0.5, 0.6) is 0 Å². The van der Waals surface area contributed by atoms with Crippen molar-refractivity contribution in [2.75, 3.05) is 110 Å². The summed E-state index contributed by atoms with van der Waals surface area (Å²) in [5, 5.41) is 0. The van der Waals surface area contributed by atoms with Crippen LogP contribution in [0.1, 0.15) is 413 Å². The highest BCUT2D eigenvalue weighted by atomic mass is 16.5. The molecule has 0 aliphatic carbocycles. The number of carbonyl (C=O) groups excluding carboxylic acids is 5. The monoisotopic (exact) mass is 1700 g/mol. The van der Waals surface area contributed by atoms with E-state index < -0.39 is 0 Å². The number of anilines is 3. The Morgan fingerprint density at radius 2 is 0.545 bits per heavy atom. The minimum Gasteiger partial charge on any atom is -0.466 e. The van der Waals surface area contributed by atoms with Gasteiger partial charge in [-0.25, -0.2) is 4.79 Å². The van der Waals surface area contributed by atoms with E-state index in [0.29, 0.717) is 105 Å². The number of nitrogens with two attached hydrogens (primary N) is 3. The molecule has 1 saturated heterocycles. The van der Waals surface area contributed by atoms with E-state index in [1.54, 1.807) is 0 Å². The molecule has 1 aliphatic heterocycles. The molecule has 0 atom stereocenters. The average molecular weight is 1700 g/mol. The first-order chi connectivity index (χ1) is 59.1. The molecule has 0 aromatic heterocycles. The Balaban J connectivity index is 0. The van der Waals surface area contributed by atoms with Crippen molar-refractivity contribution in [3.8, 4) is 0 Å². The molecule has 3 aromatic rings. The smallest absolute Gasteiger partial charge is 0.330 e. The second-order valence-electron chi connectivity index (χ2n) is 33.7. The van der Waals surface area contributed by atoms with Crippen molar-refractivity contribution in [3.63, 3.8) is 0 Å². The predicted molar refractivity (Wildman–Crippen MR) is 515 cm³/mol. The van der Waals surface area contributed by atoms with Crippen LogP contribution in [0.4, 0.5) is 17.1 Å². The van der Waals surface area contributed by atoms with E-state index >= 15 is 0 Å². The number of ether oxygens (including phenoxy) is 5. The topological polar surface area (TPSA) is 226 Å². The Bertz CT molecular complexity index is 2710. The van der Waals surface area contributed by atoms with Crippen molar-refractivity contribution in [1.82, 2.24) is 19.6 Å². The van der Waals surface area contributed by atoms with Gasteiger partial charge in [-0.3, -0.25) is 38.8 Å². The fourth-order valence-corrected chi connectivity index (χ4v) is 14.6. The van der Waals surface area contributed by atoms with Crippen LogP contribution in [-0.2, 0) is 67.3 Å². The number of rotatable bonds is 74. The van der Waals surface area contributed by atoms with Crippen LogP contribution >= 0.6 is 0 Å². The van der Waals surface area contributed by atoms with Crippen LogP contribution in [-0.4, -0.2) is 143 Å². The zero-order chi connectivity index (χ0) is 88.8. The fraction of sp³-hybridized carbons (Fsp3) is 0.757. The van der Waals surface area contributed by atoms with Crippen LogP contribution in [0.25, 0.3) is 0 Å². The van der Waals surface area contributed by atoms with Crippen LogP contribution in [0.3, 0.4) is 0 Å². The molecule has 0 unspecified atom stereocenters. The molecule has 0 spiro atoms. The third kappa shape index (κ3) is 76.1. The number of carbonyl (C=O) groups is 5. The Kier molecular flexibility index (Phi) is 83.1. The molecule has 0 bridgehead atoms. The van der Waals surface area contributed by atoms with Crippen LogP contribution in [0.2, 0.25) is 0 Å². The number of nitrogens with zero attached hydrogens (tertiary/aromatic N) is 5. The SMILES string of the molecule is C=CC(=O)OCCCCCCCCCCCC.CC.CCCCCCCCCCCCOC(=O)CCN(CCC(=O)OCCCCCCCCCCCC)Cc1ccc(N)cc1.CCCCCCCCCCCCOC(=O)CCN(CCC(=O)OCCCCCCCCCCCC)Cc1ccc(N2CN(C)CN(C)C2)cc1.NCc1ccc(N)cc1.[2HH]. The molecule has 1 aliphatic rings. The van der Waals surface area contributed by atoms with E-state index in [2.05, 4.69) is 104 Å². The van der Waals surface area contributed by atoms with Crippen molar-refractivity contribution >= 4 is 46.9 Å². The summed E-state index contributed by atoms with van der Waals surface area (Å²) < 4.78 is 27.1. The summed E-state index contributed by atoms with van der Waals surface area (Å²) in [6.07, 6.45) is 65.9. The minimum atomic E-state index is -0.305. The fourth-order valence-electron chi connectivity index (χ4n) is 14.6. The van der Waals surface area contributed by atoms with Crippen LogP contribution < -0.4 is 22.1 Å². The first-order valence-electron chi connectivity index (χ1n) is 49.6.